The molecule has 60 valence electrons. The van der Waals surface area contributed by atoms with Crippen molar-refractivity contribution >= 4 is 5.97 Å². The highest BCUT2D eigenvalue weighted by Crippen LogP contribution is 1.87. The van der Waals surface area contributed by atoms with Crippen molar-refractivity contribution < 1.29 is 19.7 Å². The van der Waals surface area contributed by atoms with Crippen molar-refractivity contribution in [3.63, 3.8) is 0 Å². The number of carboxylic acids is 1. The highest BCUT2D eigenvalue weighted by molar-refractivity contribution is 5.67. The molecular weight excluding hydrogens is 136 g/mol. The number of unbranched alkanes of at least 4 members (excludes halogenated alkanes) is 1. The van der Waals surface area contributed by atoms with Crippen LogP contribution in [-0.4, -0.2) is 24.3 Å². The number of carbonyl (C=O) groups is 1. The maximum atomic E-state index is 9.83. The summed E-state index contributed by atoms with van der Waals surface area (Å²) in [6.07, 6.45) is 1.90. The largest absolute Gasteiger partial charge is 0.479 e. The van der Waals surface area contributed by atoms with Gasteiger partial charge in [-0.3, -0.25) is 0 Å². The number of rotatable bonds is 6. The zero-order valence-corrected chi connectivity index (χ0v) is 6.00. The van der Waals surface area contributed by atoms with Gasteiger partial charge in [0.15, 0.2) is 6.61 Å². The molecule has 0 bridgehead atoms. The molecule has 0 radical (unpaired) electrons. The molecule has 0 rings (SSSR count). The molecule has 4 nitrogen and oxygen atoms in total. The van der Waals surface area contributed by atoms with Crippen LogP contribution in [0.1, 0.15) is 19.8 Å². The average Bonchev–Trinajstić information content (AvgIpc) is 1.87. The van der Waals surface area contributed by atoms with Gasteiger partial charge in [0.25, 0.3) is 0 Å². The lowest BCUT2D eigenvalue weighted by atomic mass is 10.4. The molecule has 0 saturated heterocycles. The van der Waals surface area contributed by atoms with Crippen molar-refractivity contribution in [3.8, 4) is 0 Å². The summed E-state index contributed by atoms with van der Waals surface area (Å²) in [5, 5.41) is 8.07. The third-order valence-electron chi connectivity index (χ3n) is 0.847. The zero-order chi connectivity index (χ0) is 7.82. The van der Waals surface area contributed by atoms with Crippen LogP contribution in [0.3, 0.4) is 0 Å². The summed E-state index contributed by atoms with van der Waals surface area (Å²) >= 11 is 0. The van der Waals surface area contributed by atoms with E-state index in [2.05, 4.69) is 9.78 Å². The van der Waals surface area contributed by atoms with Crippen LogP contribution in [0.15, 0.2) is 0 Å². The second kappa shape index (κ2) is 6.51. The van der Waals surface area contributed by atoms with E-state index in [0.717, 1.165) is 12.8 Å². The Hall–Kier alpha value is -0.610. The van der Waals surface area contributed by atoms with E-state index in [9.17, 15) is 4.79 Å². The minimum atomic E-state index is -1.02. The molecule has 4 heteroatoms. The maximum absolute atomic E-state index is 9.83. The van der Waals surface area contributed by atoms with E-state index in [4.69, 9.17) is 5.11 Å². The second-order valence-corrected chi connectivity index (χ2v) is 1.83. The van der Waals surface area contributed by atoms with Gasteiger partial charge in [-0.15, -0.1) is 0 Å². The predicted octanol–water partition coefficient (Wildman–Crippen LogP) is 0.819. The maximum Gasteiger partial charge on any atom is 0.333 e. The SMILES string of the molecule is CCCCOOCC(=O)O. The lowest BCUT2D eigenvalue weighted by Crippen LogP contribution is -2.07. The van der Waals surface area contributed by atoms with Crippen molar-refractivity contribution in [2.75, 3.05) is 13.2 Å². The second-order valence-electron chi connectivity index (χ2n) is 1.83. The fourth-order valence-electron chi connectivity index (χ4n) is 0.354. The van der Waals surface area contributed by atoms with Gasteiger partial charge in [0.2, 0.25) is 0 Å². The molecule has 0 saturated carbocycles. The fraction of sp³-hybridized carbons (Fsp3) is 0.833. The van der Waals surface area contributed by atoms with Gasteiger partial charge < -0.3 is 5.11 Å². The molecule has 0 spiro atoms. The van der Waals surface area contributed by atoms with Crippen molar-refractivity contribution in [1.82, 2.24) is 0 Å². The van der Waals surface area contributed by atoms with Crippen LogP contribution in [0.25, 0.3) is 0 Å². The van der Waals surface area contributed by atoms with Crippen molar-refractivity contribution in [2.45, 2.75) is 19.8 Å². The first-order valence-electron chi connectivity index (χ1n) is 3.23. The summed E-state index contributed by atoms with van der Waals surface area (Å²) in [5.74, 6) is -1.02. The number of aliphatic carboxylic acids is 1. The number of hydrogen-bond acceptors (Lipinski definition) is 3. The number of carboxylic acid groups (broad SMARTS) is 1. The van der Waals surface area contributed by atoms with Crippen LogP contribution in [-0.2, 0) is 14.6 Å². The molecule has 0 aromatic heterocycles. The van der Waals surface area contributed by atoms with Gasteiger partial charge in [-0.2, -0.15) is 0 Å². The van der Waals surface area contributed by atoms with Crippen LogP contribution < -0.4 is 0 Å². The van der Waals surface area contributed by atoms with Gasteiger partial charge >= 0.3 is 5.97 Å². The Labute approximate surface area is 59.7 Å². The van der Waals surface area contributed by atoms with Crippen LogP contribution in [0, 0.1) is 0 Å². The van der Waals surface area contributed by atoms with E-state index in [-0.39, 0.29) is 6.61 Å². The Balaban J connectivity index is 2.84. The molecule has 10 heavy (non-hydrogen) atoms. The fourth-order valence-corrected chi connectivity index (χ4v) is 0.354. The van der Waals surface area contributed by atoms with Gasteiger partial charge in [0, 0.05) is 0 Å². The molecule has 0 fully saturated rings. The smallest absolute Gasteiger partial charge is 0.333 e. The highest BCUT2D eigenvalue weighted by Gasteiger charge is 1.95. The van der Waals surface area contributed by atoms with E-state index < -0.39 is 5.97 Å². The third-order valence-corrected chi connectivity index (χ3v) is 0.847. The zero-order valence-electron chi connectivity index (χ0n) is 6.00. The predicted molar refractivity (Wildman–Crippen MR) is 34.4 cm³/mol. The molecule has 0 aliphatic heterocycles. The molecular formula is C6H12O4. The van der Waals surface area contributed by atoms with Gasteiger partial charge in [-0.25, -0.2) is 14.6 Å². The lowest BCUT2D eigenvalue weighted by Gasteiger charge is -1.98. The van der Waals surface area contributed by atoms with Gasteiger partial charge in [0.05, 0.1) is 6.61 Å². The first-order chi connectivity index (χ1) is 4.77. The molecule has 0 aliphatic rings. The van der Waals surface area contributed by atoms with E-state index in [1.807, 2.05) is 6.92 Å². The summed E-state index contributed by atoms with van der Waals surface area (Å²) in [6, 6.07) is 0. The Kier molecular flexibility index (Phi) is 6.11. The molecule has 1 N–H and O–H groups in total. The first-order valence-corrected chi connectivity index (χ1v) is 3.23. The summed E-state index contributed by atoms with van der Waals surface area (Å²) in [5.41, 5.74) is 0. The van der Waals surface area contributed by atoms with Gasteiger partial charge in [-0.1, -0.05) is 13.3 Å². The first kappa shape index (κ1) is 9.39. The summed E-state index contributed by atoms with van der Waals surface area (Å²) in [6.45, 7) is 2.09. The number of hydrogen-bond donors (Lipinski definition) is 1. The third kappa shape index (κ3) is 7.39. The summed E-state index contributed by atoms with van der Waals surface area (Å²) in [4.78, 5) is 18.6. The Bertz CT molecular complexity index is 91.7. The van der Waals surface area contributed by atoms with Crippen molar-refractivity contribution in [1.29, 1.82) is 0 Å². The highest BCUT2D eigenvalue weighted by atomic mass is 17.2. The monoisotopic (exact) mass is 148 g/mol. The molecule has 0 heterocycles. The molecule has 0 aromatic rings. The standard InChI is InChI=1S/C6H12O4/c1-2-3-4-9-10-5-6(7)8/h2-5H2,1H3,(H,7,8). The molecule has 0 amide bonds. The van der Waals surface area contributed by atoms with Gasteiger partial charge in [0.1, 0.15) is 0 Å². The summed E-state index contributed by atoms with van der Waals surface area (Å²) in [7, 11) is 0. The van der Waals surface area contributed by atoms with Gasteiger partial charge in [-0.05, 0) is 6.42 Å². The van der Waals surface area contributed by atoms with E-state index in [1.54, 1.807) is 0 Å². The Morgan fingerprint density at radius 2 is 2.20 bits per heavy atom. The molecule has 0 unspecified atom stereocenters. The van der Waals surface area contributed by atoms with Crippen molar-refractivity contribution in [3.05, 3.63) is 0 Å². The van der Waals surface area contributed by atoms with Crippen LogP contribution in [0.2, 0.25) is 0 Å². The van der Waals surface area contributed by atoms with E-state index in [1.165, 1.54) is 0 Å². The van der Waals surface area contributed by atoms with E-state index in [0.29, 0.717) is 6.61 Å². The average molecular weight is 148 g/mol. The molecule has 0 atom stereocenters. The topological polar surface area (TPSA) is 55.8 Å². The Morgan fingerprint density at radius 1 is 1.50 bits per heavy atom. The van der Waals surface area contributed by atoms with E-state index >= 15 is 0 Å². The Morgan fingerprint density at radius 3 is 2.70 bits per heavy atom. The molecule has 0 aliphatic carbocycles. The molecule has 0 aromatic carbocycles. The van der Waals surface area contributed by atoms with Crippen LogP contribution in [0.5, 0.6) is 0 Å². The van der Waals surface area contributed by atoms with Crippen LogP contribution in [0.4, 0.5) is 0 Å². The normalized spacial score (nSPS) is 9.70. The quantitative estimate of drug-likeness (QED) is 0.344. The minimum absolute atomic E-state index is 0.385. The summed E-state index contributed by atoms with van der Waals surface area (Å²) < 4.78 is 0. The van der Waals surface area contributed by atoms with Crippen molar-refractivity contribution in [2.24, 2.45) is 0 Å². The lowest BCUT2D eigenvalue weighted by molar-refractivity contribution is -0.292. The van der Waals surface area contributed by atoms with Crippen LogP contribution >= 0.6 is 0 Å². The minimum Gasteiger partial charge on any atom is -0.479 e.